The van der Waals surface area contributed by atoms with Gasteiger partial charge in [0.05, 0.1) is 0 Å². The van der Waals surface area contributed by atoms with Gasteiger partial charge in [-0.2, -0.15) is 0 Å². The van der Waals surface area contributed by atoms with Crippen LogP contribution in [0.4, 0.5) is 10.2 Å². The van der Waals surface area contributed by atoms with Gasteiger partial charge in [-0.1, -0.05) is 18.3 Å². The molecule has 2 heterocycles. The molecule has 0 N–H and O–H groups in total. The summed E-state index contributed by atoms with van der Waals surface area (Å²) in [6.45, 7) is 0. The van der Waals surface area contributed by atoms with Gasteiger partial charge in [0.2, 0.25) is 5.91 Å². The average Bonchev–Trinajstić information content (AvgIpc) is 3.15. The van der Waals surface area contributed by atoms with Gasteiger partial charge in [0.25, 0.3) is 0 Å². The summed E-state index contributed by atoms with van der Waals surface area (Å²) in [5.74, 6) is 7.14. The first-order valence-electron chi connectivity index (χ1n) is 8.26. The van der Waals surface area contributed by atoms with Crippen molar-refractivity contribution in [2.75, 3.05) is 4.90 Å². The van der Waals surface area contributed by atoms with E-state index in [1.165, 1.54) is 18.6 Å². The van der Waals surface area contributed by atoms with E-state index in [1.54, 1.807) is 18.3 Å². The third-order valence-electron chi connectivity index (χ3n) is 4.85. The van der Waals surface area contributed by atoms with E-state index in [4.69, 9.17) is 0 Å². The van der Waals surface area contributed by atoms with E-state index in [9.17, 15) is 9.18 Å². The highest BCUT2D eigenvalue weighted by molar-refractivity contribution is 5.95. The first kappa shape index (κ1) is 14.9. The number of nitrogens with zero attached hydrogens (tertiary/aromatic N) is 2. The molecule has 0 unspecified atom stereocenters. The first-order chi connectivity index (χ1) is 11.7. The molecule has 1 aromatic carbocycles. The molecule has 1 amide bonds. The summed E-state index contributed by atoms with van der Waals surface area (Å²) in [6.07, 6.45) is 5.76. The predicted octanol–water partition coefficient (Wildman–Crippen LogP) is 3.53. The Morgan fingerprint density at radius 3 is 2.54 bits per heavy atom. The van der Waals surface area contributed by atoms with E-state index in [0.29, 0.717) is 18.4 Å². The Hall–Kier alpha value is -2.67. The van der Waals surface area contributed by atoms with Crippen molar-refractivity contribution in [2.24, 2.45) is 5.92 Å². The van der Waals surface area contributed by atoms with E-state index in [1.807, 2.05) is 17.0 Å². The van der Waals surface area contributed by atoms with Gasteiger partial charge in [-0.15, -0.1) is 0 Å². The van der Waals surface area contributed by atoms with Crippen LogP contribution in [0, 0.1) is 23.6 Å². The molecule has 1 saturated carbocycles. The van der Waals surface area contributed by atoms with Crippen molar-refractivity contribution in [3.05, 3.63) is 59.5 Å². The van der Waals surface area contributed by atoms with Gasteiger partial charge in [-0.05, 0) is 55.2 Å². The van der Waals surface area contributed by atoms with Gasteiger partial charge in [0.1, 0.15) is 11.6 Å². The maximum Gasteiger partial charge on any atom is 0.228 e. The summed E-state index contributed by atoms with van der Waals surface area (Å²) in [4.78, 5) is 18.5. The number of anilines is 1. The summed E-state index contributed by atoms with van der Waals surface area (Å²) in [5, 5.41) is 0. The molecule has 0 spiro atoms. The predicted molar refractivity (Wildman–Crippen MR) is 89.8 cm³/mol. The molecule has 2 fully saturated rings. The van der Waals surface area contributed by atoms with E-state index in [-0.39, 0.29) is 11.7 Å². The number of amides is 1. The zero-order valence-corrected chi connectivity index (χ0v) is 13.2. The Kier molecular flexibility index (Phi) is 3.78. The monoisotopic (exact) mass is 320 g/mol. The van der Waals surface area contributed by atoms with Gasteiger partial charge in [-0.3, -0.25) is 9.69 Å². The van der Waals surface area contributed by atoms with Crippen molar-refractivity contribution in [1.29, 1.82) is 0 Å². The fraction of sp³-hybridized carbons (Fsp3) is 0.300. The number of carbonyl (C=O) groups excluding carboxylic acids is 1. The molecular formula is C20H17FN2O. The first-order valence-corrected chi connectivity index (χ1v) is 8.26. The minimum atomic E-state index is -0.271. The third-order valence-corrected chi connectivity index (χ3v) is 4.85. The van der Waals surface area contributed by atoms with Crippen molar-refractivity contribution >= 4 is 11.7 Å². The molecule has 120 valence electrons. The highest BCUT2D eigenvalue weighted by Crippen LogP contribution is 2.40. The minimum absolute atomic E-state index is 0.183. The Labute approximate surface area is 140 Å². The van der Waals surface area contributed by atoms with Crippen LogP contribution in [0.15, 0.2) is 42.6 Å². The Morgan fingerprint density at radius 2 is 1.79 bits per heavy atom. The van der Waals surface area contributed by atoms with Gasteiger partial charge >= 0.3 is 0 Å². The zero-order valence-electron chi connectivity index (χ0n) is 13.2. The molecule has 2 aliphatic rings. The highest BCUT2D eigenvalue weighted by Gasteiger charge is 2.43. The standard InChI is InChI=1S/C20H17FN2O/c21-17-9-6-14(7-10-17)4-5-15-8-11-19(22-13-15)23-18-3-1-2-16(18)12-20(23)24/h6-11,13,16,18H,1-3,12H2/t16-,18-/m1/s1. The normalized spacial score (nSPS) is 22.2. The van der Waals surface area contributed by atoms with Crippen LogP contribution >= 0.6 is 0 Å². The molecule has 24 heavy (non-hydrogen) atoms. The molecule has 0 radical (unpaired) electrons. The zero-order chi connectivity index (χ0) is 16.5. The lowest BCUT2D eigenvalue weighted by molar-refractivity contribution is -0.117. The van der Waals surface area contributed by atoms with Crippen LogP contribution in [-0.4, -0.2) is 16.9 Å². The molecule has 4 rings (SSSR count). The average molecular weight is 320 g/mol. The molecule has 1 aliphatic heterocycles. The van der Waals surface area contributed by atoms with Crippen molar-refractivity contribution in [2.45, 2.75) is 31.7 Å². The second-order valence-corrected chi connectivity index (χ2v) is 6.39. The van der Waals surface area contributed by atoms with Crippen molar-refractivity contribution in [3.8, 4) is 11.8 Å². The van der Waals surface area contributed by atoms with Crippen LogP contribution in [0.1, 0.15) is 36.8 Å². The Balaban J connectivity index is 1.53. The second-order valence-electron chi connectivity index (χ2n) is 6.39. The van der Waals surface area contributed by atoms with E-state index in [0.717, 1.165) is 29.8 Å². The van der Waals surface area contributed by atoms with Gasteiger partial charge in [-0.25, -0.2) is 9.37 Å². The fourth-order valence-corrected chi connectivity index (χ4v) is 3.68. The molecule has 2 atom stereocenters. The third kappa shape index (κ3) is 2.78. The van der Waals surface area contributed by atoms with Crippen LogP contribution in [0.25, 0.3) is 0 Å². The van der Waals surface area contributed by atoms with Crippen LogP contribution in [0.2, 0.25) is 0 Å². The van der Waals surface area contributed by atoms with Gasteiger partial charge < -0.3 is 0 Å². The lowest BCUT2D eigenvalue weighted by Crippen LogP contribution is -2.33. The van der Waals surface area contributed by atoms with Crippen LogP contribution in [-0.2, 0) is 4.79 Å². The van der Waals surface area contributed by atoms with Crippen LogP contribution in [0.5, 0.6) is 0 Å². The fourth-order valence-electron chi connectivity index (χ4n) is 3.68. The number of pyridine rings is 1. The van der Waals surface area contributed by atoms with Crippen molar-refractivity contribution in [1.82, 2.24) is 4.98 Å². The molecule has 1 aromatic heterocycles. The highest BCUT2D eigenvalue weighted by atomic mass is 19.1. The molecule has 1 saturated heterocycles. The van der Waals surface area contributed by atoms with Gasteiger partial charge in [0.15, 0.2) is 0 Å². The summed E-state index contributed by atoms with van der Waals surface area (Å²) in [6, 6.07) is 10.1. The summed E-state index contributed by atoms with van der Waals surface area (Å²) in [5.41, 5.74) is 1.53. The summed E-state index contributed by atoms with van der Waals surface area (Å²) >= 11 is 0. The number of carbonyl (C=O) groups is 1. The van der Waals surface area contributed by atoms with Crippen LogP contribution < -0.4 is 4.90 Å². The lowest BCUT2D eigenvalue weighted by Gasteiger charge is -2.22. The van der Waals surface area contributed by atoms with E-state index >= 15 is 0 Å². The molecule has 4 heteroatoms. The quantitative estimate of drug-likeness (QED) is 0.753. The van der Waals surface area contributed by atoms with Gasteiger partial charge in [0, 0.05) is 29.8 Å². The summed E-state index contributed by atoms with van der Waals surface area (Å²) < 4.78 is 12.9. The molecule has 3 nitrogen and oxygen atoms in total. The minimum Gasteiger partial charge on any atom is -0.293 e. The number of rotatable bonds is 1. The molecule has 0 bridgehead atoms. The Bertz CT molecular complexity index is 817. The number of fused-ring (bicyclic) bond motifs is 1. The largest absolute Gasteiger partial charge is 0.293 e. The topological polar surface area (TPSA) is 33.2 Å². The number of hydrogen-bond donors (Lipinski definition) is 0. The molecule has 1 aliphatic carbocycles. The van der Waals surface area contributed by atoms with E-state index < -0.39 is 0 Å². The maximum atomic E-state index is 12.9. The number of halogens is 1. The van der Waals surface area contributed by atoms with Crippen molar-refractivity contribution in [3.63, 3.8) is 0 Å². The van der Waals surface area contributed by atoms with Crippen LogP contribution in [0.3, 0.4) is 0 Å². The molecule has 2 aromatic rings. The SMILES string of the molecule is O=C1C[C@H]2CCC[C@H]2N1c1ccc(C#Cc2ccc(F)cc2)cn1. The van der Waals surface area contributed by atoms with E-state index in [2.05, 4.69) is 16.8 Å². The second kappa shape index (κ2) is 6.09. The number of aromatic nitrogens is 1. The number of hydrogen-bond acceptors (Lipinski definition) is 2. The number of benzene rings is 1. The lowest BCUT2D eigenvalue weighted by atomic mass is 10.0. The Morgan fingerprint density at radius 1 is 1.04 bits per heavy atom. The smallest absolute Gasteiger partial charge is 0.228 e. The summed E-state index contributed by atoms with van der Waals surface area (Å²) in [7, 11) is 0. The molecular weight excluding hydrogens is 303 g/mol. The van der Waals surface area contributed by atoms with Crippen molar-refractivity contribution < 1.29 is 9.18 Å². The maximum absolute atomic E-state index is 12.9.